The molecule has 0 aliphatic heterocycles. The zero-order chi connectivity index (χ0) is 7.00. The molecule has 0 unspecified atom stereocenters. The van der Waals surface area contributed by atoms with Gasteiger partial charge in [-0.25, -0.2) is 8.42 Å². The first-order valence-electron chi connectivity index (χ1n) is 1.31. The summed E-state index contributed by atoms with van der Waals surface area (Å²) in [6.45, 7) is 0. The number of sulfonamides is 1. The van der Waals surface area contributed by atoms with Crippen LogP contribution in [0.5, 0.6) is 0 Å². The first-order valence-corrected chi connectivity index (χ1v) is 2.79. The Hall–Kier alpha value is 0.440. The fourth-order valence-electron chi connectivity index (χ4n) is 0. The molecule has 0 rings (SSSR count). The summed E-state index contributed by atoms with van der Waals surface area (Å²) < 4.78 is 50.8. The molecule has 0 aromatic carbocycles. The molecule has 0 bridgehead atoms. The Balaban J connectivity index is 0. The fourth-order valence-corrected chi connectivity index (χ4v) is 0. The van der Waals surface area contributed by atoms with Crippen molar-refractivity contribution >= 4 is 10.0 Å². The summed E-state index contributed by atoms with van der Waals surface area (Å²) in [7, 11) is -5.59. The second-order valence-electron chi connectivity index (χ2n) is 0.949. The molecule has 8 heteroatoms. The molecule has 0 radical (unpaired) electrons. The van der Waals surface area contributed by atoms with E-state index >= 15 is 0 Å². The Bertz CT molecular complexity index is 171. The van der Waals surface area contributed by atoms with Gasteiger partial charge in [-0.2, -0.15) is 13.2 Å². The number of nitrogens with one attached hydrogen (secondary N) is 1. The fraction of sp³-hybridized carbons (Fsp3) is 1.00. The van der Waals surface area contributed by atoms with Crippen molar-refractivity contribution in [2.24, 2.45) is 0 Å². The molecule has 3 nitrogen and oxygen atoms in total. The maximum atomic E-state index is 10.8. The van der Waals surface area contributed by atoms with Crippen molar-refractivity contribution in [1.82, 2.24) is 0 Å². The molecule has 0 saturated carbocycles. The van der Waals surface area contributed by atoms with Crippen molar-refractivity contribution in [2.75, 3.05) is 0 Å². The first kappa shape index (κ1) is 12.1. The predicted octanol–water partition coefficient (Wildman–Crippen LogP) is 0.886. The number of hydrogen-bond donors (Lipinski definition) is 0. The molecule has 0 saturated heterocycles. The van der Waals surface area contributed by atoms with Crippen LogP contribution in [-0.2, 0) is 32.4 Å². The van der Waals surface area contributed by atoms with Crippen molar-refractivity contribution in [3.05, 3.63) is 5.14 Å². The summed E-state index contributed by atoms with van der Waals surface area (Å²) in [5.74, 6) is 0. The van der Waals surface area contributed by atoms with E-state index in [1.807, 2.05) is 0 Å². The average molecular weight is 345 g/mol. The number of alkyl halides is 3. The number of halogens is 3. The van der Waals surface area contributed by atoms with Gasteiger partial charge < -0.3 is 5.14 Å². The van der Waals surface area contributed by atoms with Gasteiger partial charge in [-0.15, -0.1) is 0 Å². The maximum Gasteiger partial charge on any atom is 1.00 e. The molecule has 0 spiro atoms. The normalized spacial score (nSPS) is 12.4. The third kappa shape index (κ3) is 3.93. The predicted molar refractivity (Wildman–Crippen MR) is 19.3 cm³/mol. The van der Waals surface area contributed by atoms with Crippen LogP contribution >= 0.6 is 0 Å². The standard InChI is InChI=1S/CHF3NO2S.Au/c2-1(3,4)8(5,6)7;/h(H-,5,6,7);/q-1;+1. The molecular weight excluding hydrogens is 344 g/mol. The van der Waals surface area contributed by atoms with Gasteiger partial charge in [0.1, 0.15) is 0 Å². The minimum atomic E-state index is -5.59. The summed E-state index contributed by atoms with van der Waals surface area (Å²) in [4.78, 5) is 0. The Morgan fingerprint density at radius 3 is 1.33 bits per heavy atom. The van der Waals surface area contributed by atoms with Crippen LogP contribution in [0.4, 0.5) is 13.2 Å². The van der Waals surface area contributed by atoms with E-state index < -0.39 is 15.5 Å². The van der Waals surface area contributed by atoms with E-state index in [-0.39, 0.29) is 22.4 Å². The van der Waals surface area contributed by atoms with Crippen LogP contribution in [0.25, 0.3) is 5.14 Å². The van der Waals surface area contributed by atoms with Crippen LogP contribution in [0.15, 0.2) is 0 Å². The van der Waals surface area contributed by atoms with Crippen LogP contribution < -0.4 is 0 Å². The van der Waals surface area contributed by atoms with Gasteiger partial charge in [0.25, 0.3) is 0 Å². The maximum absolute atomic E-state index is 10.8. The summed E-state index contributed by atoms with van der Waals surface area (Å²) in [5, 5.41) is 5.43. The SMILES string of the molecule is [Au+].[NH-]S(=O)(=O)C(F)(F)F. The molecule has 0 aliphatic carbocycles. The number of hydrogen-bond acceptors (Lipinski definition) is 2. The molecule has 0 aromatic heterocycles. The van der Waals surface area contributed by atoms with Crippen LogP contribution in [-0.4, -0.2) is 13.9 Å². The largest absolute Gasteiger partial charge is 1.00 e. The van der Waals surface area contributed by atoms with Gasteiger partial charge in [-0.1, -0.05) is 0 Å². The molecule has 1 N–H and O–H groups in total. The van der Waals surface area contributed by atoms with Crippen LogP contribution in [0.3, 0.4) is 0 Å². The molecule has 60 valence electrons. The molecule has 0 heterocycles. The Kier molecular flexibility index (Phi) is 4.08. The Morgan fingerprint density at radius 1 is 1.22 bits per heavy atom. The minimum absolute atomic E-state index is 0. The minimum Gasteiger partial charge on any atom is -0.556 e. The Labute approximate surface area is 65.0 Å². The molecular formula is CHAuF3NO2S. The van der Waals surface area contributed by atoms with Crippen LogP contribution in [0.2, 0.25) is 0 Å². The van der Waals surface area contributed by atoms with Gasteiger partial charge in [0.05, 0.1) is 0 Å². The molecule has 0 aromatic rings. The third-order valence-electron chi connectivity index (χ3n) is 0.305. The van der Waals surface area contributed by atoms with Gasteiger partial charge in [0.2, 0.25) is 0 Å². The van der Waals surface area contributed by atoms with Crippen molar-refractivity contribution in [3.8, 4) is 0 Å². The summed E-state index contributed by atoms with van der Waals surface area (Å²) >= 11 is 0. The first-order chi connectivity index (χ1) is 3.25. The smallest absolute Gasteiger partial charge is 0.556 e. The van der Waals surface area contributed by atoms with E-state index in [9.17, 15) is 21.6 Å². The second-order valence-corrected chi connectivity index (χ2v) is 2.42. The van der Waals surface area contributed by atoms with Gasteiger partial charge in [0.15, 0.2) is 10.0 Å². The van der Waals surface area contributed by atoms with E-state index in [0.717, 1.165) is 0 Å². The number of rotatable bonds is 0. The quantitative estimate of drug-likeness (QED) is 0.613. The monoisotopic (exact) mass is 345 g/mol. The third-order valence-corrected chi connectivity index (χ3v) is 0.914. The second kappa shape index (κ2) is 3.02. The Morgan fingerprint density at radius 2 is 1.33 bits per heavy atom. The molecule has 9 heavy (non-hydrogen) atoms. The zero-order valence-corrected chi connectivity index (χ0v) is 6.64. The summed E-state index contributed by atoms with van der Waals surface area (Å²) in [5.41, 5.74) is -5.42. The molecule has 0 amide bonds. The molecule has 0 fully saturated rings. The van der Waals surface area contributed by atoms with Gasteiger partial charge in [-0.3, -0.25) is 0 Å². The topological polar surface area (TPSA) is 57.9 Å². The van der Waals surface area contributed by atoms with E-state index in [4.69, 9.17) is 5.14 Å². The molecule has 0 aliphatic rings. The average Bonchev–Trinajstić information content (AvgIpc) is 1.25. The zero-order valence-electron chi connectivity index (χ0n) is 3.66. The van der Waals surface area contributed by atoms with E-state index in [1.54, 1.807) is 0 Å². The van der Waals surface area contributed by atoms with Crippen molar-refractivity contribution < 1.29 is 44.0 Å². The van der Waals surface area contributed by atoms with Crippen LogP contribution in [0, 0.1) is 0 Å². The van der Waals surface area contributed by atoms with E-state index in [2.05, 4.69) is 0 Å². The van der Waals surface area contributed by atoms with E-state index in [1.165, 1.54) is 0 Å². The van der Waals surface area contributed by atoms with Crippen molar-refractivity contribution in [3.63, 3.8) is 0 Å². The van der Waals surface area contributed by atoms with Crippen LogP contribution in [0.1, 0.15) is 0 Å². The van der Waals surface area contributed by atoms with Crippen molar-refractivity contribution in [2.45, 2.75) is 5.51 Å². The summed E-state index contributed by atoms with van der Waals surface area (Å²) in [6, 6.07) is 0. The van der Waals surface area contributed by atoms with Gasteiger partial charge >= 0.3 is 27.9 Å². The van der Waals surface area contributed by atoms with E-state index in [0.29, 0.717) is 0 Å². The summed E-state index contributed by atoms with van der Waals surface area (Å²) in [6.07, 6.45) is 0. The van der Waals surface area contributed by atoms with Gasteiger partial charge in [-0.05, 0) is 0 Å². The van der Waals surface area contributed by atoms with Gasteiger partial charge in [0, 0.05) is 0 Å². The van der Waals surface area contributed by atoms with Crippen molar-refractivity contribution in [1.29, 1.82) is 0 Å². The molecule has 0 atom stereocenters.